The molecule has 6 saturated heterocycles. The molecule has 0 aliphatic carbocycles. The highest BCUT2D eigenvalue weighted by Crippen LogP contribution is 2.38. The summed E-state index contributed by atoms with van der Waals surface area (Å²) in [6, 6.07) is 27.1. The first kappa shape index (κ1) is 78.0. The molecule has 11 rings (SSSR count). The Balaban J connectivity index is 0.000000186. The number of anilines is 4. The lowest BCUT2D eigenvalue weighted by atomic mass is 9.89. The van der Waals surface area contributed by atoms with E-state index in [2.05, 4.69) is 176 Å². The molecule has 5 aromatic rings. The number of hydrogen-bond donors (Lipinski definition) is 5. The summed E-state index contributed by atoms with van der Waals surface area (Å²) in [7, 11) is 0. The number of carbonyl (C=O) groups excluding carboxylic acids is 7. The summed E-state index contributed by atoms with van der Waals surface area (Å²) in [5.74, 6) is 0.632. The number of aryl methyl sites for hydroxylation is 8. The molecular weight excluding hydrogens is 1390 g/mol. The lowest BCUT2D eigenvalue weighted by molar-refractivity contribution is -0.120. The van der Waals surface area contributed by atoms with Crippen LogP contribution in [0.15, 0.2) is 98.1 Å². The monoisotopic (exact) mass is 1490 g/mol. The van der Waals surface area contributed by atoms with Gasteiger partial charge in [-0.25, -0.2) is 14.4 Å². The first-order valence-corrected chi connectivity index (χ1v) is 35.2. The van der Waals surface area contributed by atoms with Crippen LogP contribution in [0.25, 0.3) is 6.08 Å². The van der Waals surface area contributed by atoms with Crippen molar-refractivity contribution in [2.75, 3.05) is 98.1 Å². The van der Waals surface area contributed by atoms with E-state index in [0.717, 1.165) is 96.1 Å². The van der Waals surface area contributed by atoms with E-state index < -0.39 is 0 Å². The van der Waals surface area contributed by atoms with Crippen LogP contribution in [-0.2, 0) is 44.7 Å². The highest BCUT2D eigenvalue weighted by molar-refractivity contribution is 14.1. The Morgan fingerprint density at radius 1 is 0.525 bits per heavy atom. The minimum absolute atomic E-state index is 0.0648. The van der Waals surface area contributed by atoms with Crippen LogP contribution < -0.4 is 46.2 Å². The number of hydrogen-bond acceptors (Lipinski definition) is 14. The maximum atomic E-state index is 12.4. The van der Waals surface area contributed by atoms with Crippen molar-refractivity contribution in [3.63, 3.8) is 0 Å². The second-order valence-corrected chi connectivity index (χ2v) is 27.5. The fourth-order valence-electron chi connectivity index (χ4n) is 13.4. The van der Waals surface area contributed by atoms with Crippen LogP contribution in [0.1, 0.15) is 126 Å². The molecule has 2 unspecified atom stereocenters. The van der Waals surface area contributed by atoms with Gasteiger partial charge in [-0.2, -0.15) is 0 Å². The van der Waals surface area contributed by atoms with Crippen LogP contribution in [0.3, 0.4) is 0 Å². The van der Waals surface area contributed by atoms with Crippen molar-refractivity contribution < 1.29 is 52.5 Å². The number of allylic oxidation sites excluding steroid dienone is 1. The minimum atomic E-state index is -0.361. The molecule has 99 heavy (non-hydrogen) atoms. The number of nitrogens with zero attached hydrogens (tertiary/aromatic N) is 5. The Morgan fingerprint density at radius 2 is 0.879 bits per heavy atom. The summed E-state index contributed by atoms with van der Waals surface area (Å²) in [4.78, 5) is 90.0. The van der Waals surface area contributed by atoms with Gasteiger partial charge in [0.1, 0.15) is 24.4 Å². The molecule has 532 valence electrons. The normalized spacial score (nSPS) is 19.9. The van der Waals surface area contributed by atoms with Crippen LogP contribution in [-0.4, -0.2) is 155 Å². The van der Waals surface area contributed by atoms with Crippen LogP contribution in [0.4, 0.5) is 37.1 Å². The summed E-state index contributed by atoms with van der Waals surface area (Å²) >= 11 is 7.59. The van der Waals surface area contributed by atoms with Gasteiger partial charge in [-0.1, -0.05) is 49.1 Å². The Kier molecular flexibility index (Phi) is 28.8. The highest BCUT2D eigenvalue weighted by Gasteiger charge is 2.37. The largest absolute Gasteiger partial charge is 0.464 e. The number of halogens is 1. The molecule has 6 atom stereocenters. The summed E-state index contributed by atoms with van der Waals surface area (Å²) in [5.41, 5.74) is 18.4. The van der Waals surface area contributed by atoms with E-state index in [1.54, 1.807) is 20.8 Å². The molecule has 0 bridgehead atoms. The van der Waals surface area contributed by atoms with Gasteiger partial charge in [0.15, 0.2) is 0 Å². The topological polar surface area (TPSA) is 233 Å². The predicted molar refractivity (Wildman–Crippen MR) is 404 cm³/mol. The Hall–Kier alpha value is -8.39. The van der Waals surface area contributed by atoms with Crippen molar-refractivity contribution in [2.24, 2.45) is 0 Å². The summed E-state index contributed by atoms with van der Waals surface area (Å²) in [6.07, 6.45) is 3.83. The summed E-state index contributed by atoms with van der Waals surface area (Å²) in [6.45, 7) is 40.4. The van der Waals surface area contributed by atoms with E-state index >= 15 is 0 Å². The van der Waals surface area contributed by atoms with Gasteiger partial charge in [0.05, 0.1) is 52.4 Å². The molecular formula is C76H99IN10O11S. The first-order chi connectivity index (χ1) is 47.1. The molecule has 6 aliphatic rings. The summed E-state index contributed by atoms with van der Waals surface area (Å²) in [5, 5.41) is 14.7. The van der Waals surface area contributed by atoms with Gasteiger partial charge in [-0.3, -0.25) is 43.7 Å². The smallest absolute Gasteiger partial charge is 0.414 e. The minimum Gasteiger partial charge on any atom is -0.464 e. The van der Waals surface area contributed by atoms with Gasteiger partial charge < -0.3 is 45.5 Å². The lowest BCUT2D eigenvalue weighted by Gasteiger charge is -2.22. The fourth-order valence-corrected chi connectivity index (χ4v) is 14.0. The molecule has 0 radical (unpaired) electrons. The molecule has 23 heteroatoms. The highest BCUT2D eigenvalue weighted by atomic mass is 127. The van der Waals surface area contributed by atoms with E-state index in [-0.39, 0.29) is 66.3 Å². The van der Waals surface area contributed by atoms with E-state index in [1.807, 2.05) is 43.9 Å². The maximum absolute atomic E-state index is 12.4. The quantitative estimate of drug-likeness (QED) is 0.0252. The third-order valence-corrected chi connectivity index (χ3v) is 19.8. The predicted octanol–water partition coefficient (Wildman–Crippen LogP) is 11.7. The Labute approximate surface area is 603 Å². The van der Waals surface area contributed by atoms with E-state index in [0.29, 0.717) is 69.4 Å². The van der Waals surface area contributed by atoms with E-state index in [4.69, 9.17) is 31.2 Å². The van der Waals surface area contributed by atoms with Crippen molar-refractivity contribution in [1.29, 1.82) is 0 Å². The van der Waals surface area contributed by atoms with Gasteiger partial charge in [-0.05, 0) is 250 Å². The van der Waals surface area contributed by atoms with Gasteiger partial charge in [0.2, 0.25) is 23.6 Å². The van der Waals surface area contributed by atoms with Gasteiger partial charge in [-0.15, -0.1) is 6.58 Å². The maximum Gasteiger partial charge on any atom is 0.414 e. The molecule has 6 fully saturated rings. The number of rotatable bonds is 17. The zero-order chi connectivity index (χ0) is 72.4. The molecule has 7 amide bonds. The third-order valence-electron chi connectivity index (χ3n) is 17.8. The third kappa shape index (κ3) is 21.8. The Morgan fingerprint density at radius 3 is 1.25 bits per heavy atom. The van der Waals surface area contributed by atoms with Crippen LogP contribution in [0, 0.1) is 59.0 Å². The standard InChI is InChI=1S/C25H31N3O3.C18H25N3O3.C16H20N2O2S.C14H17IN2O3.C3H6/c1-17-11-22(28-16-23(31-25(28)30)13-26-19(3)29)12-18(2)24(17)21-9-10-27(15-21)14-20-7-5-4-6-8-20;1-11-6-15(7-12(2)17(11)14-4-5-19-8-14)21-10-16(24-18(21)23)9-20-13(3)22;1-5-15-10(2)6-13(7-11(15)3)18-9-14(20-16(18)21)8-17-12(4)19;1-8-4-11(5-9(2)13(8)15)17-7-12(20-14(17)19)6-16-10(3)18;1-3-2/h4-8,11-12,21,23H,9-10,13-16H2,1-3H3,(H,26,29);6-7,14,16,19H,4-5,8-10H2,1-3H3,(H,20,22);5-7,14H,1,8-9H2,2-4H3,(H,17,19);4-5,12H,6-7H2,1-3H3,(H,16,18);3H,1H2,2H3/t21?,23-;14?,16-;14-;12-;/m0000./s1. The SMILES string of the molecule is C=CC.C=Cc1c(C)cc(N2C[C@H](CNC(C)=O)OC2=S)cc1C.CC(=O)NC[C@H]1CN(c2cc(C)c(C3CCN(Cc4ccccc4)C3)c(C)c2)C(=O)O1.CC(=O)NC[C@H]1CN(c2cc(C)c(C3CCNC3)c(C)c2)C(=O)O1.CC(=O)NC[C@H]1CN(c2cc(C)c(I)c(C)c2)C(=O)O1. The van der Waals surface area contributed by atoms with Crippen LogP contribution in [0.2, 0.25) is 0 Å². The number of nitrogens with one attached hydrogen (secondary N) is 5. The molecule has 5 aromatic carbocycles. The lowest BCUT2D eigenvalue weighted by Crippen LogP contribution is -2.33. The Bertz CT molecular complexity index is 3680. The van der Waals surface area contributed by atoms with E-state index in [9.17, 15) is 33.6 Å². The number of likely N-dealkylation sites (tertiary alicyclic amines) is 1. The summed E-state index contributed by atoms with van der Waals surface area (Å²) < 4.78 is 22.9. The van der Waals surface area contributed by atoms with Gasteiger partial charge >= 0.3 is 18.3 Å². The van der Waals surface area contributed by atoms with Crippen LogP contribution >= 0.6 is 34.8 Å². The second kappa shape index (κ2) is 36.6. The van der Waals surface area contributed by atoms with Gasteiger partial charge in [0, 0.05) is 73.6 Å². The van der Waals surface area contributed by atoms with Crippen molar-refractivity contribution in [3.05, 3.63) is 168 Å². The number of cyclic esters (lactones) is 3. The number of ether oxygens (including phenoxy) is 4. The number of benzene rings is 5. The first-order valence-electron chi connectivity index (χ1n) is 33.7. The number of thiocarbonyl (C=S) groups is 1. The molecule has 6 aliphatic heterocycles. The van der Waals surface area contributed by atoms with Crippen LogP contribution in [0.5, 0.6) is 0 Å². The fraction of sp³-hybridized carbons (Fsp3) is 0.447. The average molecular weight is 1490 g/mol. The zero-order valence-corrected chi connectivity index (χ0v) is 62.6. The average Bonchev–Trinajstić information content (AvgIpc) is 1.75. The molecule has 0 aromatic heterocycles. The van der Waals surface area contributed by atoms with E-state index in [1.165, 1.54) is 70.2 Å². The molecule has 0 spiro atoms. The van der Waals surface area contributed by atoms with Crippen molar-refractivity contribution in [1.82, 2.24) is 31.5 Å². The second-order valence-electron chi connectivity index (χ2n) is 26.1. The van der Waals surface area contributed by atoms with Crippen molar-refractivity contribution in [2.45, 2.75) is 146 Å². The van der Waals surface area contributed by atoms with Crippen molar-refractivity contribution >= 4 is 111 Å². The molecule has 21 nitrogen and oxygen atoms in total. The zero-order valence-electron chi connectivity index (χ0n) is 59.7. The number of amides is 7. The van der Waals surface area contributed by atoms with Gasteiger partial charge in [0.25, 0.3) is 5.17 Å². The van der Waals surface area contributed by atoms with Crippen molar-refractivity contribution in [3.8, 4) is 0 Å². The molecule has 0 saturated carbocycles. The molecule has 6 heterocycles. The molecule has 5 N–H and O–H groups in total. The number of carbonyl (C=O) groups is 7.